The van der Waals surface area contributed by atoms with Crippen molar-refractivity contribution in [3.8, 4) is 11.3 Å². The molecular weight excluding hydrogens is 395 g/mol. The minimum atomic E-state index is -0.513. The van der Waals surface area contributed by atoms with E-state index in [0.717, 1.165) is 17.3 Å². The average Bonchev–Trinajstić information content (AvgIpc) is 3.10. The summed E-state index contributed by atoms with van der Waals surface area (Å²) in [6.45, 7) is 1.95. The number of rotatable bonds is 5. The summed E-state index contributed by atoms with van der Waals surface area (Å²) in [7, 11) is 0. The number of benzene rings is 2. The second-order valence-corrected chi connectivity index (χ2v) is 7.15. The molecule has 0 aliphatic carbocycles. The zero-order chi connectivity index (χ0) is 20.4. The van der Waals surface area contributed by atoms with Gasteiger partial charge < -0.3 is 5.32 Å². The summed E-state index contributed by atoms with van der Waals surface area (Å²) in [6.07, 6.45) is 0. The van der Waals surface area contributed by atoms with E-state index in [4.69, 9.17) is 0 Å². The van der Waals surface area contributed by atoms with E-state index in [0.29, 0.717) is 10.7 Å². The molecule has 29 heavy (non-hydrogen) atoms. The van der Waals surface area contributed by atoms with Crippen LogP contribution in [0.5, 0.6) is 0 Å². The molecule has 8 nitrogen and oxygen atoms in total. The van der Waals surface area contributed by atoms with E-state index in [2.05, 4.69) is 25.6 Å². The molecule has 2 N–H and O–H groups in total. The van der Waals surface area contributed by atoms with Gasteiger partial charge in [-0.2, -0.15) is 9.61 Å². The Labute approximate surface area is 168 Å². The van der Waals surface area contributed by atoms with Gasteiger partial charge in [0.15, 0.2) is 5.69 Å². The molecule has 0 fully saturated rings. The molecule has 0 saturated heterocycles. The van der Waals surface area contributed by atoms with Crippen molar-refractivity contribution in [3.05, 3.63) is 70.3 Å². The zero-order valence-corrected chi connectivity index (χ0v) is 16.0. The molecule has 146 valence electrons. The van der Waals surface area contributed by atoms with Gasteiger partial charge in [0, 0.05) is 5.56 Å². The molecule has 0 unspecified atom stereocenters. The minimum absolute atomic E-state index is 0.0319. The first kappa shape index (κ1) is 18.8. The molecule has 0 aliphatic rings. The monoisotopic (exact) mass is 410 g/mol. The van der Waals surface area contributed by atoms with Gasteiger partial charge in [-0.15, -0.1) is 10.2 Å². The third-order valence-electron chi connectivity index (χ3n) is 4.06. The first-order valence-electron chi connectivity index (χ1n) is 8.61. The van der Waals surface area contributed by atoms with Crippen molar-refractivity contribution < 1.29 is 9.18 Å². The van der Waals surface area contributed by atoms with Crippen LogP contribution >= 0.6 is 11.8 Å². The summed E-state index contributed by atoms with van der Waals surface area (Å²) in [5.74, 6) is -0.779. The van der Waals surface area contributed by atoms with Crippen LogP contribution in [0, 0.1) is 12.7 Å². The topological polar surface area (TPSA) is 105 Å². The smallest absolute Gasteiger partial charge is 0.279 e. The number of carbonyl (C=O) groups excluding carboxylic acids is 1. The Hall–Kier alpha value is -3.53. The summed E-state index contributed by atoms with van der Waals surface area (Å²) in [6, 6.07) is 13.3. The van der Waals surface area contributed by atoms with Crippen molar-refractivity contribution in [2.45, 2.75) is 12.1 Å². The largest absolute Gasteiger partial charge is 0.323 e. The quantitative estimate of drug-likeness (QED) is 0.490. The molecule has 0 saturated carbocycles. The Kier molecular flexibility index (Phi) is 5.09. The molecule has 0 bridgehead atoms. The highest BCUT2D eigenvalue weighted by Gasteiger charge is 2.15. The van der Waals surface area contributed by atoms with E-state index in [9.17, 15) is 14.0 Å². The number of halogens is 1. The standard InChI is InChI=1S/C19H15FN6O2S/c1-11-6-8-12(9-7-11)16-17(28)22-18-23-24-19(26(18)25-16)29-10-15(27)21-14-5-3-2-4-13(14)20/h2-9H,10H2,1H3,(H,21,27)(H,22,23,28). The SMILES string of the molecule is Cc1ccc(-c2nn3c(SCC(=O)Nc4ccccc4F)nnc3[nH]c2=O)cc1. The maximum atomic E-state index is 13.6. The molecule has 0 aliphatic heterocycles. The van der Waals surface area contributed by atoms with Crippen LogP contribution in [-0.2, 0) is 4.79 Å². The Balaban J connectivity index is 1.56. The van der Waals surface area contributed by atoms with Crippen LogP contribution in [0.25, 0.3) is 17.0 Å². The van der Waals surface area contributed by atoms with Crippen LogP contribution in [0.1, 0.15) is 5.56 Å². The Morgan fingerprint density at radius 3 is 2.69 bits per heavy atom. The third kappa shape index (κ3) is 4.02. The van der Waals surface area contributed by atoms with Gasteiger partial charge in [-0.1, -0.05) is 53.7 Å². The number of H-pyrrole nitrogens is 1. The normalized spacial score (nSPS) is 11.0. The van der Waals surface area contributed by atoms with Gasteiger partial charge in [0.05, 0.1) is 11.4 Å². The fourth-order valence-corrected chi connectivity index (χ4v) is 3.29. The van der Waals surface area contributed by atoms with Crippen molar-refractivity contribution in [2.75, 3.05) is 11.1 Å². The number of nitrogens with one attached hydrogen (secondary N) is 2. The molecule has 0 radical (unpaired) electrons. The van der Waals surface area contributed by atoms with E-state index in [1.54, 1.807) is 24.3 Å². The maximum absolute atomic E-state index is 13.6. The van der Waals surface area contributed by atoms with Gasteiger partial charge >= 0.3 is 0 Å². The lowest BCUT2D eigenvalue weighted by atomic mass is 10.1. The lowest BCUT2D eigenvalue weighted by Gasteiger charge is -2.05. The first-order valence-corrected chi connectivity index (χ1v) is 9.60. The van der Waals surface area contributed by atoms with E-state index in [1.807, 2.05) is 19.1 Å². The van der Waals surface area contributed by atoms with Crippen LogP contribution in [0.3, 0.4) is 0 Å². The fraction of sp³-hybridized carbons (Fsp3) is 0.105. The third-order valence-corrected chi connectivity index (χ3v) is 4.98. The van der Waals surface area contributed by atoms with Gasteiger partial charge in [0.2, 0.25) is 11.1 Å². The van der Waals surface area contributed by atoms with Crippen molar-refractivity contribution in [1.82, 2.24) is 24.8 Å². The van der Waals surface area contributed by atoms with Crippen LogP contribution in [0.4, 0.5) is 10.1 Å². The van der Waals surface area contributed by atoms with Crippen molar-refractivity contribution >= 4 is 29.1 Å². The average molecular weight is 410 g/mol. The predicted octanol–water partition coefficient (Wildman–Crippen LogP) is 2.66. The number of amides is 1. The number of thioether (sulfide) groups is 1. The van der Waals surface area contributed by atoms with Crippen LogP contribution in [0.15, 0.2) is 58.5 Å². The van der Waals surface area contributed by atoms with E-state index >= 15 is 0 Å². The Morgan fingerprint density at radius 2 is 1.93 bits per heavy atom. The summed E-state index contributed by atoms with van der Waals surface area (Å²) in [4.78, 5) is 27.1. The summed E-state index contributed by atoms with van der Waals surface area (Å²) < 4.78 is 15.0. The number of fused-ring (bicyclic) bond motifs is 1. The zero-order valence-electron chi connectivity index (χ0n) is 15.2. The lowest BCUT2D eigenvalue weighted by molar-refractivity contribution is -0.113. The van der Waals surface area contributed by atoms with Gasteiger partial charge in [-0.05, 0) is 19.1 Å². The molecule has 2 aromatic heterocycles. The molecule has 2 heterocycles. The molecule has 4 aromatic rings. The maximum Gasteiger partial charge on any atom is 0.279 e. The number of nitrogens with zero attached hydrogens (tertiary/aromatic N) is 4. The van der Waals surface area contributed by atoms with E-state index < -0.39 is 11.7 Å². The van der Waals surface area contributed by atoms with Crippen molar-refractivity contribution in [2.24, 2.45) is 0 Å². The van der Waals surface area contributed by atoms with Gasteiger partial charge in [0.25, 0.3) is 11.3 Å². The molecule has 1 amide bonds. The number of aromatic nitrogens is 5. The van der Waals surface area contributed by atoms with Gasteiger partial charge in [-0.3, -0.25) is 14.6 Å². The highest BCUT2D eigenvalue weighted by atomic mass is 32.2. The second-order valence-electron chi connectivity index (χ2n) is 6.20. The highest BCUT2D eigenvalue weighted by Crippen LogP contribution is 2.19. The molecule has 2 aromatic carbocycles. The summed E-state index contributed by atoms with van der Waals surface area (Å²) >= 11 is 1.07. The number of para-hydroxylation sites is 1. The summed E-state index contributed by atoms with van der Waals surface area (Å²) in [5.41, 5.74) is 1.65. The van der Waals surface area contributed by atoms with Crippen LogP contribution < -0.4 is 10.9 Å². The lowest BCUT2D eigenvalue weighted by Crippen LogP contribution is -2.17. The van der Waals surface area contributed by atoms with Crippen molar-refractivity contribution in [1.29, 1.82) is 0 Å². The second kappa shape index (κ2) is 7.84. The van der Waals surface area contributed by atoms with Crippen LogP contribution in [0.2, 0.25) is 0 Å². The van der Waals surface area contributed by atoms with E-state index in [1.165, 1.54) is 16.6 Å². The molecule has 10 heteroatoms. The number of aromatic amines is 1. The van der Waals surface area contributed by atoms with Crippen molar-refractivity contribution in [3.63, 3.8) is 0 Å². The minimum Gasteiger partial charge on any atom is -0.323 e. The molecule has 0 atom stereocenters. The number of aryl methyl sites for hydroxylation is 1. The van der Waals surface area contributed by atoms with E-state index in [-0.39, 0.29) is 28.5 Å². The fourth-order valence-electron chi connectivity index (χ4n) is 2.61. The Morgan fingerprint density at radius 1 is 1.17 bits per heavy atom. The number of hydrogen-bond donors (Lipinski definition) is 2. The number of hydrogen-bond acceptors (Lipinski definition) is 6. The number of carbonyl (C=O) groups is 1. The van der Waals surface area contributed by atoms with Gasteiger partial charge in [-0.25, -0.2) is 4.39 Å². The predicted molar refractivity (Wildman–Crippen MR) is 107 cm³/mol. The number of anilines is 1. The Bertz CT molecular complexity index is 1250. The van der Waals surface area contributed by atoms with Crippen LogP contribution in [-0.4, -0.2) is 36.5 Å². The molecule has 0 spiro atoms. The summed E-state index contributed by atoms with van der Waals surface area (Å²) in [5, 5.41) is 15.0. The first-order chi connectivity index (χ1) is 14.0. The highest BCUT2D eigenvalue weighted by molar-refractivity contribution is 7.99. The molecular formula is C19H15FN6O2S. The molecule has 4 rings (SSSR count). The van der Waals surface area contributed by atoms with Gasteiger partial charge in [0.1, 0.15) is 5.82 Å².